The quantitative estimate of drug-likeness (QED) is 0.0261. The highest BCUT2D eigenvalue weighted by Crippen LogP contribution is 2.16. The van der Waals surface area contributed by atoms with E-state index in [2.05, 4.69) is 167 Å². The first-order chi connectivity index (χ1) is 41.0. The largest absolute Gasteiger partial charge is 0.462 e. The molecular formula is C77H126O6. The Kier molecular flexibility index (Phi) is 65.8. The molecule has 0 heterocycles. The van der Waals surface area contributed by atoms with Crippen LogP contribution in [0.25, 0.3) is 0 Å². The number of ether oxygens (including phenoxy) is 3. The standard InChI is InChI=1S/C77H126O6/c1-4-7-10-13-16-19-22-25-27-29-30-31-32-33-34-35-36-37-38-39-40-41-42-43-44-45-46-48-49-52-55-58-61-64-67-70-76(79)82-73-74(72-81-75(78)69-66-63-60-57-54-51-24-21-18-15-12-9-6-3)83-77(80)71-68-65-62-59-56-53-50-47-28-26-23-20-17-14-11-8-5-2/h7-8,10-12,15-17,19-21,24-28,30-31,33-34,36-37,39-40,74H,4-6,9,13-14,18,22-23,29,32,35,38,41-73H2,1-3H3/b10-7-,11-8-,15-12-,19-16-,20-17-,24-21-,27-25-,28-26-,31-30-,34-33-,37-36-,40-39-. The van der Waals surface area contributed by atoms with Gasteiger partial charge in [0.2, 0.25) is 0 Å². The monoisotopic (exact) mass is 1150 g/mol. The Morgan fingerprint density at radius 1 is 0.253 bits per heavy atom. The Bertz CT molecular complexity index is 1800. The molecule has 0 fully saturated rings. The lowest BCUT2D eigenvalue weighted by molar-refractivity contribution is -0.167. The molecule has 0 aromatic rings. The molecule has 0 radical (unpaired) electrons. The number of allylic oxidation sites excluding steroid dienone is 24. The van der Waals surface area contributed by atoms with Gasteiger partial charge in [-0.15, -0.1) is 0 Å². The van der Waals surface area contributed by atoms with Crippen molar-refractivity contribution in [1.29, 1.82) is 0 Å². The number of unbranched alkanes of at least 4 members (excludes halogenated alkanes) is 26. The highest BCUT2D eigenvalue weighted by atomic mass is 16.6. The first kappa shape index (κ1) is 78.3. The van der Waals surface area contributed by atoms with E-state index in [9.17, 15) is 14.4 Å². The summed E-state index contributed by atoms with van der Waals surface area (Å²) >= 11 is 0. The summed E-state index contributed by atoms with van der Waals surface area (Å²) in [6.07, 6.45) is 100. The van der Waals surface area contributed by atoms with Crippen LogP contribution < -0.4 is 0 Å². The number of hydrogen-bond donors (Lipinski definition) is 0. The van der Waals surface area contributed by atoms with Gasteiger partial charge in [0.15, 0.2) is 6.10 Å². The van der Waals surface area contributed by atoms with Crippen LogP contribution in [0.3, 0.4) is 0 Å². The van der Waals surface area contributed by atoms with E-state index in [4.69, 9.17) is 14.2 Å². The Morgan fingerprint density at radius 3 is 0.735 bits per heavy atom. The van der Waals surface area contributed by atoms with Gasteiger partial charge in [-0.3, -0.25) is 14.4 Å². The molecule has 0 saturated carbocycles. The average Bonchev–Trinajstić information content (AvgIpc) is 3.49. The molecule has 1 atom stereocenters. The fourth-order valence-electron chi connectivity index (χ4n) is 9.24. The van der Waals surface area contributed by atoms with Crippen LogP contribution in [-0.4, -0.2) is 37.2 Å². The number of carbonyl (C=O) groups is 3. The predicted octanol–water partition coefficient (Wildman–Crippen LogP) is 23.9. The van der Waals surface area contributed by atoms with E-state index < -0.39 is 6.10 Å². The van der Waals surface area contributed by atoms with E-state index in [0.717, 1.165) is 161 Å². The fraction of sp³-hybridized carbons (Fsp3) is 0.649. The van der Waals surface area contributed by atoms with Crippen molar-refractivity contribution in [3.63, 3.8) is 0 Å². The maximum atomic E-state index is 12.9. The van der Waals surface area contributed by atoms with E-state index in [1.807, 2.05) is 0 Å². The van der Waals surface area contributed by atoms with Crippen molar-refractivity contribution in [2.24, 2.45) is 0 Å². The second kappa shape index (κ2) is 69.8. The van der Waals surface area contributed by atoms with Crippen LogP contribution in [0.1, 0.15) is 303 Å². The number of rotatable bonds is 61. The molecule has 0 amide bonds. The molecule has 6 heteroatoms. The molecule has 0 bridgehead atoms. The summed E-state index contributed by atoms with van der Waals surface area (Å²) < 4.78 is 16.9. The van der Waals surface area contributed by atoms with Crippen molar-refractivity contribution in [3.05, 3.63) is 146 Å². The first-order valence-electron chi connectivity index (χ1n) is 34.3. The minimum atomic E-state index is -0.795. The molecule has 0 rings (SSSR count). The zero-order valence-electron chi connectivity index (χ0n) is 53.9. The Labute approximate surface area is 512 Å². The Morgan fingerprint density at radius 2 is 0.470 bits per heavy atom. The van der Waals surface area contributed by atoms with Gasteiger partial charge < -0.3 is 14.2 Å². The lowest BCUT2D eigenvalue weighted by atomic mass is 10.0. The third-order valence-corrected chi connectivity index (χ3v) is 14.3. The Balaban J connectivity index is 4.22. The van der Waals surface area contributed by atoms with Crippen molar-refractivity contribution >= 4 is 17.9 Å². The van der Waals surface area contributed by atoms with Gasteiger partial charge in [0.1, 0.15) is 13.2 Å². The van der Waals surface area contributed by atoms with Crippen LogP contribution in [0.2, 0.25) is 0 Å². The van der Waals surface area contributed by atoms with Gasteiger partial charge >= 0.3 is 17.9 Å². The van der Waals surface area contributed by atoms with Crippen molar-refractivity contribution in [3.8, 4) is 0 Å². The molecule has 0 aromatic carbocycles. The lowest BCUT2D eigenvalue weighted by Crippen LogP contribution is -2.30. The highest BCUT2D eigenvalue weighted by Gasteiger charge is 2.19. The summed E-state index contributed by atoms with van der Waals surface area (Å²) in [6.45, 7) is 6.34. The van der Waals surface area contributed by atoms with Crippen LogP contribution >= 0.6 is 0 Å². The molecule has 470 valence electrons. The van der Waals surface area contributed by atoms with Gasteiger partial charge in [-0.1, -0.05) is 295 Å². The molecule has 83 heavy (non-hydrogen) atoms. The van der Waals surface area contributed by atoms with E-state index in [-0.39, 0.29) is 31.1 Å². The molecule has 0 N–H and O–H groups in total. The third-order valence-electron chi connectivity index (χ3n) is 14.3. The normalized spacial score (nSPS) is 13.0. The van der Waals surface area contributed by atoms with Gasteiger partial charge in [-0.05, 0) is 135 Å². The van der Waals surface area contributed by atoms with Gasteiger partial charge in [0.05, 0.1) is 0 Å². The zero-order valence-corrected chi connectivity index (χ0v) is 53.9. The molecule has 0 saturated heterocycles. The minimum absolute atomic E-state index is 0.0898. The molecule has 0 aliphatic carbocycles. The summed E-state index contributed by atoms with van der Waals surface area (Å²) in [5.74, 6) is -0.911. The van der Waals surface area contributed by atoms with Gasteiger partial charge in [-0.2, -0.15) is 0 Å². The molecular weight excluding hydrogens is 1020 g/mol. The third kappa shape index (κ3) is 68.0. The SMILES string of the molecule is CC/C=C\C/C=C\C/C=C\C/C=C\C/C=C\C/C=C\C/C=C\CCCCCCCCCCCCCCCC(=O)OCC(COC(=O)CCCCCCC/C=C\C/C=C\CCC)OC(=O)CCCCCCCCC/C=C\C/C=C\C/C=C\CC. The van der Waals surface area contributed by atoms with E-state index in [0.29, 0.717) is 19.3 Å². The predicted molar refractivity (Wildman–Crippen MR) is 362 cm³/mol. The topological polar surface area (TPSA) is 78.9 Å². The van der Waals surface area contributed by atoms with E-state index in [1.54, 1.807) is 0 Å². The van der Waals surface area contributed by atoms with Crippen LogP contribution in [0.5, 0.6) is 0 Å². The smallest absolute Gasteiger partial charge is 0.306 e. The van der Waals surface area contributed by atoms with E-state index in [1.165, 1.54) is 103 Å². The maximum absolute atomic E-state index is 12.9. The zero-order chi connectivity index (χ0) is 59.9. The molecule has 0 spiro atoms. The van der Waals surface area contributed by atoms with Crippen molar-refractivity contribution < 1.29 is 28.6 Å². The van der Waals surface area contributed by atoms with Crippen molar-refractivity contribution in [2.45, 2.75) is 309 Å². The van der Waals surface area contributed by atoms with Crippen LogP contribution in [-0.2, 0) is 28.6 Å². The second-order valence-electron chi connectivity index (χ2n) is 22.3. The molecule has 0 aliphatic rings. The summed E-state index contributed by atoms with van der Waals surface area (Å²) in [5.41, 5.74) is 0. The summed E-state index contributed by atoms with van der Waals surface area (Å²) in [7, 11) is 0. The maximum Gasteiger partial charge on any atom is 0.306 e. The van der Waals surface area contributed by atoms with Crippen molar-refractivity contribution in [2.75, 3.05) is 13.2 Å². The minimum Gasteiger partial charge on any atom is -0.462 e. The lowest BCUT2D eigenvalue weighted by Gasteiger charge is -2.18. The number of carbonyl (C=O) groups excluding carboxylic acids is 3. The van der Waals surface area contributed by atoms with Crippen LogP contribution in [0, 0.1) is 0 Å². The summed E-state index contributed by atoms with van der Waals surface area (Å²) in [5, 5.41) is 0. The summed E-state index contributed by atoms with van der Waals surface area (Å²) in [6, 6.07) is 0. The highest BCUT2D eigenvalue weighted by molar-refractivity contribution is 5.71. The second-order valence-corrected chi connectivity index (χ2v) is 22.3. The molecule has 6 nitrogen and oxygen atoms in total. The van der Waals surface area contributed by atoms with Crippen molar-refractivity contribution in [1.82, 2.24) is 0 Å². The summed E-state index contributed by atoms with van der Waals surface area (Å²) in [4.78, 5) is 38.3. The Hall–Kier alpha value is -4.71. The van der Waals surface area contributed by atoms with Gasteiger partial charge in [-0.25, -0.2) is 0 Å². The fourth-order valence-corrected chi connectivity index (χ4v) is 9.24. The molecule has 1 unspecified atom stereocenters. The van der Waals surface area contributed by atoms with Gasteiger partial charge in [0.25, 0.3) is 0 Å². The first-order valence-corrected chi connectivity index (χ1v) is 34.3. The molecule has 0 aliphatic heterocycles. The van der Waals surface area contributed by atoms with Gasteiger partial charge in [0, 0.05) is 19.3 Å². The molecule has 0 aromatic heterocycles. The number of esters is 3. The average molecular weight is 1150 g/mol. The van der Waals surface area contributed by atoms with Crippen LogP contribution in [0.4, 0.5) is 0 Å². The van der Waals surface area contributed by atoms with Crippen LogP contribution in [0.15, 0.2) is 146 Å². The van der Waals surface area contributed by atoms with E-state index >= 15 is 0 Å². The number of hydrogen-bond acceptors (Lipinski definition) is 6.